The lowest BCUT2D eigenvalue weighted by Gasteiger charge is -2.42. The first-order chi connectivity index (χ1) is 8.33. The van der Waals surface area contributed by atoms with E-state index < -0.39 is 5.54 Å². The summed E-state index contributed by atoms with van der Waals surface area (Å²) >= 11 is 0. The minimum atomic E-state index is -0.465. The molecule has 2 N–H and O–H groups in total. The van der Waals surface area contributed by atoms with Crippen molar-refractivity contribution in [3.8, 4) is 0 Å². The molecule has 0 aliphatic heterocycles. The fourth-order valence-electron chi connectivity index (χ4n) is 3.13. The summed E-state index contributed by atoms with van der Waals surface area (Å²) in [4.78, 5) is 0. The van der Waals surface area contributed by atoms with Crippen molar-refractivity contribution in [3.63, 3.8) is 0 Å². The first-order valence-electron chi connectivity index (χ1n) is 6.87. The van der Waals surface area contributed by atoms with Crippen molar-refractivity contribution in [2.45, 2.75) is 52.0 Å². The van der Waals surface area contributed by atoms with Crippen LogP contribution in [0.3, 0.4) is 0 Å². The van der Waals surface area contributed by atoms with E-state index in [1.54, 1.807) is 6.07 Å². The largest absolute Gasteiger partial charge is 0.321 e. The summed E-state index contributed by atoms with van der Waals surface area (Å²) in [6.07, 6.45) is 3.95. The summed E-state index contributed by atoms with van der Waals surface area (Å²) in [5.41, 5.74) is 7.00. The zero-order valence-corrected chi connectivity index (χ0v) is 11.7. The zero-order valence-electron chi connectivity index (χ0n) is 11.7. The molecule has 1 fully saturated rings. The van der Waals surface area contributed by atoms with Gasteiger partial charge in [0.15, 0.2) is 0 Å². The molecule has 1 aliphatic rings. The first-order valence-corrected chi connectivity index (χ1v) is 6.87. The third-order valence-corrected chi connectivity index (χ3v) is 4.51. The Labute approximate surface area is 110 Å². The van der Waals surface area contributed by atoms with Crippen LogP contribution in [-0.2, 0) is 5.54 Å². The van der Waals surface area contributed by atoms with Crippen LogP contribution in [0.2, 0.25) is 0 Å². The molecule has 0 bridgehead atoms. The molecule has 0 aromatic heterocycles. The van der Waals surface area contributed by atoms with E-state index in [0.29, 0.717) is 16.9 Å². The van der Waals surface area contributed by atoms with E-state index in [-0.39, 0.29) is 5.82 Å². The van der Waals surface area contributed by atoms with Crippen molar-refractivity contribution in [1.82, 2.24) is 0 Å². The van der Waals surface area contributed by atoms with Gasteiger partial charge in [0.05, 0.1) is 0 Å². The highest BCUT2D eigenvalue weighted by Gasteiger charge is 2.38. The Bertz CT molecular complexity index is 411. The van der Waals surface area contributed by atoms with E-state index in [2.05, 4.69) is 20.8 Å². The maximum atomic E-state index is 13.9. The van der Waals surface area contributed by atoms with Crippen molar-refractivity contribution in [2.75, 3.05) is 0 Å². The van der Waals surface area contributed by atoms with E-state index in [4.69, 9.17) is 5.73 Å². The van der Waals surface area contributed by atoms with Crippen molar-refractivity contribution >= 4 is 0 Å². The number of halogens is 1. The molecule has 1 nitrogen and oxygen atoms in total. The molecule has 0 radical (unpaired) electrons. The van der Waals surface area contributed by atoms with Crippen LogP contribution >= 0.6 is 0 Å². The summed E-state index contributed by atoms with van der Waals surface area (Å²) in [5, 5.41) is 0. The topological polar surface area (TPSA) is 26.0 Å². The van der Waals surface area contributed by atoms with E-state index in [1.807, 2.05) is 12.1 Å². The number of rotatable bonds is 1. The molecule has 0 amide bonds. The lowest BCUT2D eigenvalue weighted by molar-refractivity contribution is 0.132. The Morgan fingerprint density at radius 2 is 1.72 bits per heavy atom. The molecule has 2 rings (SSSR count). The molecule has 2 heteroatoms. The molecule has 100 valence electrons. The molecule has 0 saturated heterocycles. The fourth-order valence-corrected chi connectivity index (χ4v) is 3.13. The Balaban J connectivity index is 2.15. The fraction of sp³-hybridized carbons (Fsp3) is 0.625. The van der Waals surface area contributed by atoms with Gasteiger partial charge in [0.2, 0.25) is 0 Å². The van der Waals surface area contributed by atoms with Crippen molar-refractivity contribution in [1.29, 1.82) is 0 Å². The highest BCUT2D eigenvalue weighted by Crippen LogP contribution is 2.44. The SMILES string of the molecule is CC(C)(C)C1CCC(N)(c2ccccc2F)CC1. The van der Waals surface area contributed by atoms with Crippen LogP contribution in [0.4, 0.5) is 4.39 Å². The van der Waals surface area contributed by atoms with Crippen LogP contribution in [-0.4, -0.2) is 0 Å². The van der Waals surface area contributed by atoms with Gasteiger partial charge in [-0.05, 0) is 43.1 Å². The Kier molecular flexibility index (Phi) is 3.50. The van der Waals surface area contributed by atoms with Gasteiger partial charge in [-0.2, -0.15) is 0 Å². The smallest absolute Gasteiger partial charge is 0.128 e. The van der Waals surface area contributed by atoms with Crippen molar-refractivity contribution in [3.05, 3.63) is 35.6 Å². The second kappa shape index (κ2) is 4.65. The quantitative estimate of drug-likeness (QED) is 0.792. The summed E-state index contributed by atoms with van der Waals surface area (Å²) in [5.74, 6) is 0.537. The molecule has 0 heterocycles. The second-order valence-electron chi connectivity index (χ2n) is 6.78. The van der Waals surface area contributed by atoms with E-state index in [1.165, 1.54) is 6.07 Å². The molecule has 0 unspecified atom stereocenters. The van der Waals surface area contributed by atoms with Gasteiger partial charge in [0.1, 0.15) is 5.82 Å². The maximum absolute atomic E-state index is 13.9. The predicted molar refractivity (Wildman–Crippen MR) is 73.7 cm³/mol. The van der Waals surface area contributed by atoms with Crippen LogP contribution in [0.5, 0.6) is 0 Å². The normalized spacial score (nSPS) is 29.3. The minimum absolute atomic E-state index is 0.158. The van der Waals surface area contributed by atoms with E-state index in [0.717, 1.165) is 25.7 Å². The summed E-state index contributed by atoms with van der Waals surface area (Å²) in [7, 11) is 0. The zero-order chi connectivity index (χ0) is 13.4. The van der Waals surface area contributed by atoms with Gasteiger partial charge in [-0.25, -0.2) is 4.39 Å². The van der Waals surface area contributed by atoms with Gasteiger partial charge in [-0.1, -0.05) is 39.0 Å². The highest BCUT2D eigenvalue weighted by molar-refractivity contribution is 5.26. The molecule has 1 aromatic rings. The number of benzene rings is 1. The monoisotopic (exact) mass is 249 g/mol. The van der Waals surface area contributed by atoms with E-state index in [9.17, 15) is 4.39 Å². The molecule has 18 heavy (non-hydrogen) atoms. The van der Waals surface area contributed by atoms with Gasteiger partial charge in [0.25, 0.3) is 0 Å². The molecule has 1 saturated carbocycles. The standard InChI is InChI=1S/C16H24FN/c1-15(2,3)12-8-10-16(18,11-9-12)13-6-4-5-7-14(13)17/h4-7,12H,8-11,18H2,1-3H3. The van der Waals surface area contributed by atoms with Gasteiger partial charge in [-0.3, -0.25) is 0 Å². The molecule has 0 atom stereocenters. The maximum Gasteiger partial charge on any atom is 0.128 e. The van der Waals surface area contributed by atoms with Crippen molar-refractivity contribution in [2.24, 2.45) is 17.1 Å². The third kappa shape index (κ3) is 2.59. The predicted octanol–water partition coefficient (Wildman–Crippen LogP) is 4.22. The van der Waals surface area contributed by atoms with Crippen LogP contribution in [0.25, 0.3) is 0 Å². The Hall–Kier alpha value is -0.890. The van der Waals surface area contributed by atoms with Gasteiger partial charge in [0, 0.05) is 11.1 Å². The van der Waals surface area contributed by atoms with E-state index >= 15 is 0 Å². The van der Waals surface area contributed by atoms with Gasteiger partial charge < -0.3 is 5.73 Å². The third-order valence-electron chi connectivity index (χ3n) is 4.51. The number of nitrogens with two attached hydrogens (primary N) is 1. The van der Waals surface area contributed by atoms with Crippen LogP contribution in [0.15, 0.2) is 24.3 Å². The number of hydrogen-bond acceptors (Lipinski definition) is 1. The van der Waals surface area contributed by atoms with Crippen molar-refractivity contribution < 1.29 is 4.39 Å². The molecular formula is C16H24FN. The minimum Gasteiger partial charge on any atom is -0.321 e. The summed E-state index contributed by atoms with van der Waals surface area (Å²) < 4.78 is 13.9. The highest BCUT2D eigenvalue weighted by atomic mass is 19.1. The Morgan fingerprint density at radius 1 is 1.17 bits per heavy atom. The molecule has 1 aliphatic carbocycles. The number of hydrogen-bond donors (Lipinski definition) is 1. The Morgan fingerprint density at radius 3 is 2.22 bits per heavy atom. The average molecular weight is 249 g/mol. The average Bonchev–Trinajstić information content (AvgIpc) is 2.28. The van der Waals surface area contributed by atoms with Gasteiger partial charge in [-0.15, -0.1) is 0 Å². The summed E-state index contributed by atoms with van der Waals surface area (Å²) in [6, 6.07) is 6.96. The molecule has 1 aromatic carbocycles. The second-order valence-corrected chi connectivity index (χ2v) is 6.78. The molecule has 0 spiro atoms. The van der Waals surface area contributed by atoms with Crippen LogP contribution in [0, 0.1) is 17.2 Å². The van der Waals surface area contributed by atoms with Gasteiger partial charge >= 0.3 is 0 Å². The van der Waals surface area contributed by atoms with Crippen LogP contribution in [0.1, 0.15) is 52.0 Å². The lowest BCUT2D eigenvalue weighted by Crippen LogP contribution is -2.43. The first kappa shape index (κ1) is 13.5. The lowest BCUT2D eigenvalue weighted by atomic mass is 9.66. The summed E-state index contributed by atoms with van der Waals surface area (Å²) in [6.45, 7) is 6.85. The van der Waals surface area contributed by atoms with Crippen LogP contribution < -0.4 is 5.73 Å². The molecular weight excluding hydrogens is 225 g/mol.